The molecule has 0 aliphatic carbocycles. The average molecular weight is 331 g/mol. The summed E-state index contributed by atoms with van der Waals surface area (Å²) < 4.78 is 25.6. The summed E-state index contributed by atoms with van der Waals surface area (Å²) >= 11 is 0. The van der Waals surface area contributed by atoms with Crippen molar-refractivity contribution in [2.45, 2.75) is 37.6 Å². The molecule has 23 heavy (non-hydrogen) atoms. The molecule has 1 aliphatic heterocycles. The third kappa shape index (κ3) is 3.75. The first kappa shape index (κ1) is 16.5. The van der Waals surface area contributed by atoms with Crippen molar-refractivity contribution in [1.29, 1.82) is 0 Å². The number of benzene rings is 2. The molecule has 2 aromatic rings. The molecule has 0 aromatic heterocycles. The summed E-state index contributed by atoms with van der Waals surface area (Å²) in [5, 5.41) is 2.05. The van der Waals surface area contributed by atoms with Crippen LogP contribution in [0.25, 0.3) is 10.8 Å². The summed E-state index contributed by atoms with van der Waals surface area (Å²) in [6, 6.07) is 13.4. The lowest BCUT2D eigenvalue weighted by Gasteiger charge is -2.35. The van der Waals surface area contributed by atoms with Gasteiger partial charge in [0.1, 0.15) is 0 Å². The first-order valence-electron chi connectivity index (χ1n) is 8.41. The van der Waals surface area contributed by atoms with Crippen LogP contribution in [0, 0.1) is 5.92 Å². The molecule has 4 heteroatoms. The minimum atomic E-state index is -3.26. The van der Waals surface area contributed by atoms with E-state index in [1.807, 2.05) is 37.3 Å². The van der Waals surface area contributed by atoms with E-state index in [-0.39, 0.29) is 11.8 Å². The summed E-state index contributed by atoms with van der Waals surface area (Å²) in [4.78, 5) is 2.76. The summed E-state index contributed by atoms with van der Waals surface area (Å²) in [5.74, 6) is 0.854. The zero-order chi connectivity index (χ0) is 16.4. The van der Waals surface area contributed by atoms with Gasteiger partial charge in [-0.25, -0.2) is 8.42 Å². The molecule has 2 aromatic carbocycles. The van der Waals surface area contributed by atoms with Gasteiger partial charge in [-0.05, 0) is 55.1 Å². The van der Waals surface area contributed by atoms with Crippen LogP contribution in [0.2, 0.25) is 0 Å². The van der Waals surface area contributed by atoms with Crippen molar-refractivity contribution in [3.05, 3.63) is 42.5 Å². The van der Waals surface area contributed by atoms with Gasteiger partial charge in [-0.1, -0.05) is 37.3 Å². The minimum Gasteiger partial charge on any atom is -0.299 e. The van der Waals surface area contributed by atoms with E-state index in [1.165, 1.54) is 12.8 Å². The first-order valence-corrected chi connectivity index (χ1v) is 10.1. The van der Waals surface area contributed by atoms with Crippen molar-refractivity contribution in [3.63, 3.8) is 0 Å². The highest BCUT2D eigenvalue weighted by Crippen LogP contribution is 2.23. The van der Waals surface area contributed by atoms with Crippen molar-refractivity contribution in [1.82, 2.24) is 4.90 Å². The molecule has 0 radical (unpaired) electrons. The van der Waals surface area contributed by atoms with E-state index >= 15 is 0 Å². The third-order valence-corrected chi connectivity index (χ3v) is 6.75. The lowest BCUT2D eigenvalue weighted by atomic mass is 9.99. The van der Waals surface area contributed by atoms with Crippen LogP contribution in [0.5, 0.6) is 0 Å². The largest absolute Gasteiger partial charge is 0.299 e. The number of sulfone groups is 1. The molecule has 0 N–H and O–H groups in total. The predicted molar refractivity (Wildman–Crippen MR) is 95.4 cm³/mol. The number of piperidine rings is 1. The molecule has 0 saturated carbocycles. The van der Waals surface area contributed by atoms with Crippen LogP contribution >= 0.6 is 0 Å². The summed E-state index contributed by atoms with van der Waals surface area (Å²) in [6.45, 7) is 6.31. The van der Waals surface area contributed by atoms with Crippen molar-refractivity contribution < 1.29 is 8.42 Å². The second-order valence-electron chi connectivity index (χ2n) is 6.88. The van der Waals surface area contributed by atoms with Crippen LogP contribution in [0.15, 0.2) is 47.4 Å². The highest BCUT2D eigenvalue weighted by atomic mass is 32.2. The molecule has 2 atom stereocenters. The minimum absolute atomic E-state index is 0.0641. The molecule has 3 rings (SSSR count). The zero-order valence-electron chi connectivity index (χ0n) is 13.9. The smallest absolute Gasteiger partial charge is 0.179 e. The van der Waals surface area contributed by atoms with Gasteiger partial charge in [0.15, 0.2) is 9.84 Å². The van der Waals surface area contributed by atoms with Crippen molar-refractivity contribution >= 4 is 20.6 Å². The van der Waals surface area contributed by atoms with Gasteiger partial charge < -0.3 is 0 Å². The Morgan fingerprint density at radius 1 is 1.17 bits per heavy atom. The Labute approximate surface area is 139 Å². The lowest BCUT2D eigenvalue weighted by Crippen LogP contribution is -2.43. The van der Waals surface area contributed by atoms with E-state index < -0.39 is 9.84 Å². The Hall–Kier alpha value is -1.39. The molecule has 1 aliphatic rings. The van der Waals surface area contributed by atoms with Gasteiger partial charge in [-0.2, -0.15) is 0 Å². The number of hydrogen-bond donors (Lipinski definition) is 0. The molecular formula is C19H25NO2S. The molecule has 0 amide bonds. The van der Waals surface area contributed by atoms with E-state index in [4.69, 9.17) is 0 Å². The van der Waals surface area contributed by atoms with Gasteiger partial charge in [0, 0.05) is 12.6 Å². The Balaban J connectivity index is 1.79. The molecule has 0 bridgehead atoms. The first-order chi connectivity index (χ1) is 11.0. The fourth-order valence-corrected chi connectivity index (χ4v) is 5.13. The van der Waals surface area contributed by atoms with Crippen LogP contribution in [0.1, 0.15) is 26.7 Å². The number of nitrogens with zero attached hydrogens (tertiary/aromatic N) is 1. The Morgan fingerprint density at radius 3 is 2.65 bits per heavy atom. The van der Waals surface area contributed by atoms with E-state index in [0.717, 1.165) is 23.9 Å². The van der Waals surface area contributed by atoms with Gasteiger partial charge in [-0.3, -0.25) is 4.90 Å². The SMILES string of the molecule is CC1CCCN(C(C)CS(=O)(=O)c2ccc3ccccc3c2)C1. The van der Waals surface area contributed by atoms with Gasteiger partial charge in [0.25, 0.3) is 0 Å². The summed E-state index contributed by atoms with van der Waals surface area (Å²) in [6.07, 6.45) is 2.42. The van der Waals surface area contributed by atoms with Gasteiger partial charge in [0.05, 0.1) is 10.6 Å². The van der Waals surface area contributed by atoms with E-state index in [0.29, 0.717) is 10.8 Å². The highest BCUT2D eigenvalue weighted by Gasteiger charge is 2.26. The van der Waals surface area contributed by atoms with Crippen LogP contribution < -0.4 is 0 Å². The predicted octanol–water partition coefficient (Wildman–Crippen LogP) is 3.73. The second kappa shape index (κ2) is 6.62. The van der Waals surface area contributed by atoms with Crippen LogP contribution in [0.4, 0.5) is 0 Å². The quantitative estimate of drug-likeness (QED) is 0.856. The Kier molecular flexibility index (Phi) is 4.74. The number of fused-ring (bicyclic) bond motifs is 1. The maximum absolute atomic E-state index is 12.8. The van der Waals surface area contributed by atoms with Crippen molar-refractivity contribution in [2.75, 3.05) is 18.8 Å². The van der Waals surface area contributed by atoms with Crippen LogP contribution in [-0.2, 0) is 9.84 Å². The summed E-state index contributed by atoms with van der Waals surface area (Å²) in [7, 11) is -3.26. The maximum Gasteiger partial charge on any atom is 0.179 e. The number of likely N-dealkylation sites (tertiary alicyclic amines) is 1. The molecule has 1 heterocycles. The van der Waals surface area contributed by atoms with Gasteiger partial charge in [0.2, 0.25) is 0 Å². The van der Waals surface area contributed by atoms with Crippen molar-refractivity contribution in [3.8, 4) is 0 Å². The molecule has 124 valence electrons. The fourth-order valence-electron chi connectivity index (χ4n) is 3.51. The Bertz CT molecular complexity index is 785. The highest BCUT2D eigenvalue weighted by molar-refractivity contribution is 7.91. The van der Waals surface area contributed by atoms with E-state index in [9.17, 15) is 8.42 Å². The van der Waals surface area contributed by atoms with E-state index in [2.05, 4.69) is 11.8 Å². The van der Waals surface area contributed by atoms with Gasteiger partial charge in [-0.15, -0.1) is 0 Å². The zero-order valence-corrected chi connectivity index (χ0v) is 14.7. The maximum atomic E-state index is 12.8. The van der Waals surface area contributed by atoms with Crippen LogP contribution in [-0.4, -0.2) is 38.2 Å². The average Bonchev–Trinajstić information content (AvgIpc) is 2.54. The second-order valence-corrected chi connectivity index (χ2v) is 8.92. The molecule has 0 spiro atoms. The van der Waals surface area contributed by atoms with Gasteiger partial charge >= 0.3 is 0 Å². The molecule has 2 unspecified atom stereocenters. The topological polar surface area (TPSA) is 37.4 Å². The summed E-state index contributed by atoms with van der Waals surface area (Å²) in [5.41, 5.74) is 0. The molecule has 3 nitrogen and oxygen atoms in total. The molecule has 1 fully saturated rings. The Morgan fingerprint density at radius 2 is 1.91 bits per heavy atom. The standard InChI is InChI=1S/C19H25NO2S/c1-15-6-5-11-20(13-15)16(2)14-23(21,22)19-10-9-17-7-3-4-8-18(17)12-19/h3-4,7-10,12,15-16H,5-6,11,13-14H2,1-2H3. The third-order valence-electron chi connectivity index (χ3n) is 4.85. The molecule has 1 saturated heterocycles. The van der Waals surface area contributed by atoms with E-state index in [1.54, 1.807) is 12.1 Å². The normalized spacial score (nSPS) is 21.4. The number of rotatable bonds is 4. The lowest BCUT2D eigenvalue weighted by molar-refractivity contribution is 0.149. The molecular weight excluding hydrogens is 306 g/mol. The monoisotopic (exact) mass is 331 g/mol. The van der Waals surface area contributed by atoms with Crippen LogP contribution in [0.3, 0.4) is 0 Å². The number of hydrogen-bond acceptors (Lipinski definition) is 3. The van der Waals surface area contributed by atoms with Crippen molar-refractivity contribution in [2.24, 2.45) is 5.92 Å². The fraction of sp³-hybridized carbons (Fsp3) is 0.474.